The van der Waals surface area contributed by atoms with Crippen LogP contribution in [0.5, 0.6) is 0 Å². The first-order valence-electron chi connectivity index (χ1n) is 8.16. The van der Waals surface area contributed by atoms with Gasteiger partial charge in [-0.05, 0) is 25.0 Å². The Labute approximate surface area is 140 Å². The second-order valence-electron chi connectivity index (χ2n) is 6.09. The van der Waals surface area contributed by atoms with Crippen LogP contribution >= 0.6 is 11.3 Å². The molecule has 4 rings (SSSR count). The Morgan fingerprint density at radius 1 is 1.35 bits per heavy atom. The molecule has 2 aliphatic rings. The Morgan fingerprint density at radius 3 is 3.17 bits per heavy atom. The van der Waals surface area contributed by atoms with Crippen LogP contribution in [0.3, 0.4) is 0 Å². The average Bonchev–Trinajstić information content (AvgIpc) is 3.26. The largest absolute Gasteiger partial charge is 0.374 e. The molecule has 122 valence electrons. The Kier molecular flexibility index (Phi) is 4.55. The van der Waals surface area contributed by atoms with E-state index in [9.17, 15) is 0 Å². The summed E-state index contributed by atoms with van der Waals surface area (Å²) in [5.41, 5.74) is 1.20. The molecule has 1 saturated carbocycles. The first kappa shape index (κ1) is 15.1. The summed E-state index contributed by atoms with van der Waals surface area (Å²) in [4.78, 5) is 11.0. The van der Waals surface area contributed by atoms with Crippen LogP contribution in [-0.4, -0.2) is 41.9 Å². The van der Waals surface area contributed by atoms with Crippen molar-refractivity contribution < 1.29 is 9.47 Å². The van der Waals surface area contributed by atoms with Crippen molar-refractivity contribution in [2.45, 2.75) is 31.6 Å². The summed E-state index contributed by atoms with van der Waals surface area (Å²) < 4.78 is 12.0. The van der Waals surface area contributed by atoms with Gasteiger partial charge in [-0.1, -0.05) is 0 Å². The summed E-state index contributed by atoms with van der Waals surface area (Å²) in [5.74, 6) is 0.472. The van der Waals surface area contributed by atoms with Gasteiger partial charge in [-0.15, -0.1) is 11.3 Å². The van der Waals surface area contributed by atoms with Crippen molar-refractivity contribution in [2.24, 2.45) is 5.92 Å². The van der Waals surface area contributed by atoms with Gasteiger partial charge >= 0.3 is 0 Å². The molecule has 0 spiro atoms. The molecule has 3 heterocycles. The number of nitrogens with zero attached hydrogens (tertiary/aromatic N) is 3. The number of hydrogen-bond acceptors (Lipinski definition) is 6. The SMILES string of the molecule is c1cncc(N2CCO[C@@H]3[C@H](COCc4nccs4)CC[C@H]32)c1. The smallest absolute Gasteiger partial charge is 0.118 e. The quantitative estimate of drug-likeness (QED) is 0.843. The number of hydrogen-bond donors (Lipinski definition) is 0. The zero-order valence-corrected chi connectivity index (χ0v) is 13.8. The van der Waals surface area contributed by atoms with E-state index in [-0.39, 0.29) is 6.10 Å². The second kappa shape index (κ2) is 6.95. The fraction of sp³-hybridized carbons (Fsp3) is 0.529. The van der Waals surface area contributed by atoms with Gasteiger partial charge in [0, 0.05) is 30.2 Å². The molecule has 0 N–H and O–H groups in total. The van der Waals surface area contributed by atoms with E-state index in [2.05, 4.69) is 20.9 Å². The van der Waals surface area contributed by atoms with E-state index in [0.29, 0.717) is 18.6 Å². The maximum atomic E-state index is 6.10. The maximum absolute atomic E-state index is 6.10. The molecule has 2 aromatic rings. The molecule has 0 unspecified atom stereocenters. The third-order valence-corrected chi connectivity index (χ3v) is 5.49. The zero-order valence-electron chi connectivity index (χ0n) is 13.0. The minimum Gasteiger partial charge on any atom is -0.374 e. The van der Waals surface area contributed by atoms with E-state index in [1.165, 1.54) is 5.69 Å². The number of anilines is 1. The van der Waals surface area contributed by atoms with Gasteiger partial charge in [-0.25, -0.2) is 4.98 Å². The summed E-state index contributed by atoms with van der Waals surface area (Å²) in [7, 11) is 0. The van der Waals surface area contributed by atoms with Gasteiger partial charge in [0.25, 0.3) is 0 Å². The minimum atomic E-state index is 0.264. The molecule has 0 bridgehead atoms. The molecule has 23 heavy (non-hydrogen) atoms. The summed E-state index contributed by atoms with van der Waals surface area (Å²) in [6.07, 6.45) is 8.18. The van der Waals surface area contributed by atoms with Crippen molar-refractivity contribution in [3.63, 3.8) is 0 Å². The fourth-order valence-electron chi connectivity index (χ4n) is 3.71. The molecule has 6 heteroatoms. The molecule has 0 aromatic carbocycles. The number of morpholine rings is 1. The Hall–Kier alpha value is -1.50. The topological polar surface area (TPSA) is 47.5 Å². The van der Waals surface area contributed by atoms with Gasteiger partial charge in [-0.2, -0.15) is 0 Å². The molecule has 1 aliphatic heterocycles. The van der Waals surface area contributed by atoms with Crippen molar-refractivity contribution >= 4 is 17.0 Å². The molecule has 0 amide bonds. The average molecular weight is 331 g/mol. The van der Waals surface area contributed by atoms with Crippen molar-refractivity contribution in [2.75, 3.05) is 24.7 Å². The lowest BCUT2D eigenvalue weighted by Crippen LogP contribution is -2.51. The van der Waals surface area contributed by atoms with Crippen molar-refractivity contribution in [3.05, 3.63) is 41.1 Å². The van der Waals surface area contributed by atoms with E-state index < -0.39 is 0 Å². The Bertz CT molecular complexity index is 608. The summed E-state index contributed by atoms with van der Waals surface area (Å²) in [6, 6.07) is 4.59. The molecule has 2 aromatic heterocycles. The van der Waals surface area contributed by atoms with Gasteiger partial charge in [0.1, 0.15) is 5.01 Å². The number of thiazole rings is 1. The fourth-order valence-corrected chi connectivity index (χ4v) is 4.26. The lowest BCUT2D eigenvalue weighted by Gasteiger charge is -2.40. The highest BCUT2D eigenvalue weighted by atomic mass is 32.1. The van der Waals surface area contributed by atoms with Crippen LogP contribution in [0.4, 0.5) is 5.69 Å². The monoisotopic (exact) mass is 331 g/mol. The number of aromatic nitrogens is 2. The summed E-state index contributed by atoms with van der Waals surface area (Å²) >= 11 is 1.64. The van der Waals surface area contributed by atoms with Crippen LogP contribution in [0.15, 0.2) is 36.1 Å². The molecule has 0 radical (unpaired) electrons. The van der Waals surface area contributed by atoms with Crippen LogP contribution in [0.25, 0.3) is 0 Å². The van der Waals surface area contributed by atoms with Gasteiger partial charge in [-0.3, -0.25) is 4.98 Å². The maximum Gasteiger partial charge on any atom is 0.118 e. The third-order valence-electron chi connectivity index (χ3n) is 4.74. The van der Waals surface area contributed by atoms with E-state index >= 15 is 0 Å². The number of rotatable bonds is 5. The lowest BCUT2D eigenvalue weighted by atomic mass is 10.0. The van der Waals surface area contributed by atoms with Gasteiger partial charge in [0.2, 0.25) is 0 Å². The van der Waals surface area contributed by atoms with E-state index in [0.717, 1.165) is 37.6 Å². The predicted molar refractivity (Wildman–Crippen MR) is 89.6 cm³/mol. The predicted octanol–water partition coefficient (Wildman–Crippen LogP) is 2.74. The molecule has 3 atom stereocenters. The van der Waals surface area contributed by atoms with Crippen molar-refractivity contribution in [1.29, 1.82) is 0 Å². The highest BCUT2D eigenvalue weighted by molar-refractivity contribution is 7.09. The van der Waals surface area contributed by atoms with Gasteiger partial charge in [0.15, 0.2) is 0 Å². The van der Waals surface area contributed by atoms with Crippen molar-refractivity contribution in [3.8, 4) is 0 Å². The molecular formula is C17H21N3O2S. The van der Waals surface area contributed by atoms with Crippen LogP contribution in [0, 0.1) is 5.92 Å². The Balaban J connectivity index is 1.37. The van der Waals surface area contributed by atoms with Gasteiger partial charge < -0.3 is 14.4 Å². The minimum absolute atomic E-state index is 0.264. The zero-order chi connectivity index (χ0) is 15.5. The first-order chi connectivity index (χ1) is 11.4. The number of ether oxygens (including phenoxy) is 2. The first-order valence-corrected chi connectivity index (χ1v) is 9.04. The van der Waals surface area contributed by atoms with Crippen LogP contribution in [0.1, 0.15) is 17.8 Å². The summed E-state index contributed by atoms with van der Waals surface area (Å²) in [5, 5.41) is 3.03. The van der Waals surface area contributed by atoms with E-state index in [4.69, 9.17) is 9.47 Å². The molecule has 1 aliphatic carbocycles. The van der Waals surface area contributed by atoms with Crippen molar-refractivity contribution in [1.82, 2.24) is 9.97 Å². The normalized spacial score (nSPS) is 27.1. The number of pyridine rings is 1. The molecule has 2 fully saturated rings. The third kappa shape index (κ3) is 3.24. The molecule has 1 saturated heterocycles. The van der Waals surface area contributed by atoms with Crippen LogP contribution in [0.2, 0.25) is 0 Å². The lowest BCUT2D eigenvalue weighted by molar-refractivity contribution is -0.0307. The molecular weight excluding hydrogens is 310 g/mol. The Morgan fingerprint density at radius 2 is 2.35 bits per heavy atom. The van der Waals surface area contributed by atoms with Crippen LogP contribution in [-0.2, 0) is 16.1 Å². The summed E-state index contributed by atoms with van der Waals surface area (Å²) in [6.45, 7) is 3.08. The highest BCUT2D eigenvalue weighted by Gasteiger charge is 2.42. The molecule has 5 nitrogen and oxygen atoms in total. The highest BCUT2D eigenvalue weighted by Crippen LogP contribution is 2.37. The van der Waals surface area contributed by atoms with E-state index in [1.54, 1.807) is 11.3 Å². The van der Waals surface area contributed by atoms with Gasteiger partial charge in [0.05, 0.1) is 43.9 Å². The van der Waals surface area contributed by atoms with E-state index in [1.807, 2.05) is 30.0 Å². The second-order valence-corrected chi connectivity index (χ2v) is 7.06. The number of fused-ring (bicyclic) bond motifs is 1. The van der Waals surface area contributed by atoms with Crippen LogP contribution < -0.4 is 4.90 Å². The standard InChI is InChI=1S/C17H21N3O2S/c1-2-14(10-18-5-1)20-7-8-22-17-13(3-4-15(17)20)11-21-12-16-19-6-9-23-16/h1-2,5-6,9-10,13,15,17H,3-4,7-8,11-12H2/t13-,15+,17+/m0/s1.